The normalized spacial score (nSPS) is 11.3. The lowest BCUT2D eigenvalue weighted by atomic mass is 10.1. The maximum absolute atomic E-state index is 13.1. The molecule has 0 saturated carbocycles. The topological polar surface area (TPSA) is 113 Å². The number of hydrogen-bond acceptors (Lipinski definition) is 5. The van der Waals surface area contributed by atoms with Crippen LogP contribution < -0.4 is 16.2 Å². The monoisotopic (exact) mass is 488 g/mol. The average Bonchev–Trinajstić information content (AvgIpc) is 2.79. The Hall–Kier alpha value is -3.99. The van der Waals surface area contributed by atoms with Gasteiger partial charge < -0.3 is 15.7 Å². The first-order valence-corrected chi connectivity index (χ1v) is 10.6. The second kappa shape index (κ2) is 10.5. The number of aromatic nitrogens is 2. The zero-order valence-electron chi connectivity index (χ0n) is 18.9. The number of alkyl halides is 3. The second-order valence-electron chi connectivity index (χ2n) is 7.75. The lowest BCUT2D eigenvalue weighted by Crippen LogP contribution is -2.33. The predicted molar refractivity (Wildman–Crippen MR) is 124 cm³/mol. The highest BCUT2D eigenvalue weighted by atomic mass is 19.4. The maximum Gasteiger partial charge on any atom is 0.416 e. The van der Waals surface area contributed by atoms with Gasteiger partial charge in [0.1, 0.15) is 12.4 Å². The average molecular weight is 488 g/mol. The molecule has 0 aliphatic rings. The molecule has 184 valence electrons. The van der Waals surface area contributed by atoms with Crippen LogP contribution in [0.15, 0.2) is 53.3 Å². The molecule has 0 fully saturated rings. The molecule has 3 N–H and O–H groups in total. The number of nitrogens with zero attached hydrogens (tertiary/aromatic N) is 2. The number of benzene rings is 2. The van der Waals surface area contributed by atoms with Crippen molar-refractivity contribution < 1.29 is 27.9 Å². The molecule has 3 rings (SSSR count). The lowest BCUT2D eigenvalue weighted by molar-refractivity contribution is -0.137. The number of nitrogens with one attached hydrogen (secondary N) is 2. The number of aliphatic hydroxyl groups excluding tert-OH is 1. The van der Waals surface area contributed by atoms with Crippen molar-refractivity contribution in [3.63, 3.8) is 0 Å². The van der Waals surface area contributed by atoms with Gasteiger partial charge in [-0.3, -0.25) is 19.0 Å². The summed E-state index contributed by atoms with van der Waals surface area (Å²) < 4.78 is 40.0. The molecule has 1 heterocycles. The van der Waals surface area contributed by atoms with Gasteiger partial charge in [-0.15, -0.1) is 0 Å². The van der Waals surface area contributed by atoms with E-state index in [9.17, 15) is 32.7 Å². The van der Waals surface area contributed by atoms with Gasteiger partial charge in [-0.1, -0.05) is 12.1 Å². The van der Waals surface area contributed by atoms with Gasteiger partial charge in [0.05, 0.1) is 5.56 Å². The second-order valence-corrected chi connectivity index (χ2v) is 7.75. The zero-order valence-corrected chi connectivity index (χ0v) is 18.9. The molecule has 0 bridgehead atoms. The summed E-state index contributed by atoms with van der Waals surface area (Å²) in [5.41, 5.74) is 0.249. The van der Waals surface area contributed by atoms with Crippen LogP contribution >= 0.6 is 0 Å². The van der Waals surface area contributed by atoms with Crippen molar-refractivity contribution in [2.75, 3.05) is 17.2 Å². The van der Waals surface area contributed by atoms with E-state index < -0.39 is 29.8 Å². The fourth-order valence-electron chi connectivity index (χ4n) is 3.46. The van der Waals surface area contributed by atoms with Crippen molar-refractivity contribution in [2.24, 2.45) is 0 Å². The van der Waals surface area contributed by atoms with E-state index in [0.29, 0.717) is 17.1 Å². The Balaban J connectivity index is 1.94. The zero-order chi connectivity index (χ0) is 25.8. The number of anilines is 2. The third-order valence-electron chi connectivity index (χ3n) is 5.09. The number of aryl methyl sites for hydroxylation is 1. The molecule has 0 aliphatic heterocycles. The largest absolute Gasteiger partial charge is 0.416 e. The van der Waals surface area contributed by atoms with E-state index in [0.717, 1.165) is 16.7 Å². The van der Waals surface area contributed by atoms with Crippen molar-refractivity contribution in [2.45, 2.75) is 33.0 Å². The summed E-state index contributed by atoms with van der Waals surface area (Å²) >= 11 is 0. The van der Waals surface area contributed by atoms with Crippen molar-refractivity contribution >= 4 is 23.2 Å². The summed E-state index contributed by atoms with van der Waals surface area (Å²) in [5.74, 6) is -0.797. The number of hydrogen-bond donors (Lipinski definition) is 3. The summed E-state index contributed by atoms with van der Waals surface area (Å²) in [6.07, 6.45) is -4.51. The van der Waals surface area contributed by atoms with Crippen LogP contribution in [0.25, 0.3) is 11.4 Å². The van der Waals surface area contributed by atoms with E-state index in [1.54, 1.807) is 31.2 Å². The number of aliphatic hydroxyl groups is 1. The Kier molecular flexibility index (Phi) is 7.70. The van der Waals surface area contributed by atoms with Gasteiger partial charge in [-0.05, 0) is 43.3 Å². The van der Waals surface area contributed by atoms with Gasteiger partial charge in [0.25, 0.3) is 5.56 Å². The molecule has 0 spiro atoms. The summed E-state index contributed by atoms with van der Waals surface area (Å²) in [7, 11) is 0. The number of amides is 2. The minimum absolute atomic E-state index is 0.0111. The highest BCUT2D eigenvalue weighted by Gasteiger charge is 2.30. The molecule has 0 unspecified atom stereocenters. The number of rotatable bonds is 7. The third-order valence-corrected chi connectivity index (χ3v) is 5.09. The first-order chi connectivity index (χ1) is 16.5. The van der Waals surface area contributed by atoms with Gasteiger partial charge in [-0.2, -0.15) is 13.2 Å². The Morgan fingerprint density at radius 1 is 1.00 bits per heavy atom. The lowest BCUT2D eigenvalue weighted by Gasteiger charge is -2.16. The minimum Gasteiger partial charge on any atom is -0.396 e. The SMILES string of the molecule is CC(=O)Nc1ccc(NC(=O)Cn2c(-c3ccc(C(F)(F)F)cc3)nc(C)c(CCO)c2=O)cc1. The Bertz CT molecular complexity index is 1280. The highest BCUT2D eigenvalue weighted by molar-refractivity contribution is 5.92. The molecule has 2 amide bonds. The van der Waals surface area contributed by atoms with Gasteiger partial charge in [-0.25, -0.2) is 4.98 Å². The van der Waals surface area contributed by atoms with Crippen LogP contribution in [0.1, 0.15) is 23.7 Å². The highest BCUT2D eigenvalue weighted by Crippen LogP contribution is 2.30. The van der Waals surface area contributed by atoms with E-state index in [4.69, 9.17) is 0 Å². The molecular weight excluding hydrogens is 465 g/mol. The molecule has 35 heavy (non-hydrogen) atoms. The fraction of sp³-hybridized carbons (Fsp3) is 0.250. The van der Waals surface area contributed by atoms with Crippen LogP contribution in [-0.4, -0.2) is 33.1 Å². The molecule has 2 aromatic carbocycles. The van der Waals surface area contributed by atoms with Gasteiger partial charge in [0.2, 0.25) is 11.8 Å². The third kappa shape index (κ3) is 6.33. The Morgan fingerprint density at radius 2 is 1.57 bits per heavy atom. The van der Waals surface area contributed by atoms with Gasteiger partial charge >= 0.3 is 6.18 Å². The minimum atomic E-state index is -4.53. The van der Waals surface area contributed by atoms with Crippen LogP contribution in [0.4, 0.5) is 24.5 Å². The van der Waals surface area contributed by atoms with Crippen molar-refractivity contribution in [1.29, 1.82) is 0 Å². The first-order valence-electron chi connectivity index (χ1n) is 10.6. The predicted octanol–water partition coefficient (Wildman–Crippen LogP) is 3.37. The van der Waals surface area contributed by atoms with E-state index in [1.165, 1.54) is 19.1 Å². The standard InChI is InChI=1S/C24H23F3N4O4/c1-14-20(11-12-32)23(35)31(22(28-14)16-3-5-17(6-4-16)24(25,26)27)13-21(34)30-19-9-7-18(8-10-19)29-15(2)33/h3-10,32H,11-13H2,1-2H3,(H,29,33)(H,30,34). The summed E-state index contributed by atoms with van der Waals surface area (Å²) in [4.78, 5) is 41.4. The van der Waals surface area contributed by atoms with Crippen molar-refractivity contribution in [3.05, 3.63) is 75.7 Å². The number of halogens is 3. The molecule has 8 nitrogen and oxygen atoms in total. The van der Waals surface area contributed by atoms with Crippen LogP contribution in [-0.2, 0) is 28.7 Å². The number of carbonyl (C=O) groups is 2. The van der Waals surface area contributed by atoms with Gasteiger partial charge in [0, 0.05) is 48.1 Å². The summed E-state index contributed by atoms with van der Waals surface area (Å²) in [6.45, 7) is 2.14. The molecule has 0 aliphatic carbocycles. The van der Waals surface area contributed by atoms with Crippen LogP contribution in [0, 0.1) is 6.92 Å². The van der Waals surface area contributed by atoms with Gasteiger partial charge in [0.15, 0.2) is 0 Å². The van der Waals surface area contributed by atoms with E-state index in [1.807, 2.05) is 0 Å². The molecule has 11 heteroatoms. The fourth-order valence-corrected chi connectivity index (χ4v) is 3.46. The van der Waals surface area contributed by atoms with Crippen LogP contribution in [0.2, 0.25) is 0 Å². The first kappa shape index (κ1) is 25.6. The molecule has 3 aromatic rings. The van der Waals surface area contributed by atoms with Crippen molar-refractivity contribution in [3.8, 4) is 11.4 Å². The van der Waals surface area contributed by atoms with E-state index >= 15 is 0 Å². The maximum atomic E-state index is 13.1. The number of carbonyl (C=O) groups excluding carboxylic acids is 2. The molecule has 1 aromatic heterocycles. The van der Waals surface area contributed by atoms with Crippen molar-refractivity contribution in [1.82, 2.24) is 9.55 Å². The molecule has 0 atom stereocenters. The summed E-state index contributed by atoms with van der Waals surface area (Å²) in [6, 6.07) is 10.4. The quantitative estimate of drug-likeness (QED) is 0.472. The van der Waals surface area contributed by atoms with E-state index in [-0.39, 0.29) is 35.9 Å². The molecular formula is C24H23F3N4O4. The molecule has 0 radical (unpaired) electrons. The Labute approximate surface area is 198 Å². The van der Waals surface area contributed by atoms with Crippen LogP contribution in [0.3, 0.4) is 0 Å². The van der Waals surface area contributed by atoms with E-state index in [2.05, 4.69) is 15.6 Å². The smallest absolute Gasteiger partial charge is 0.396 e. The summed E-state index contributed by atoms with van der Waals surface area (Å²) in [5, 5.41) is 14.6. The molecule has 0 saturated heterocycles. The van der Waals surface area contributed by atoms with Crippen LogP contribution in [0.5, 0.6) is 0 Å². The Morgan fingerprint density at radius 3 is 2.09 bits per heavy atom.